The number of carbonyl (C=O) groups is 2. The summed E-state index contributed by atoms with van der Waals surface area (Å²) in [4.78, 5) is 22.7. The van der Waals surface area contributed by atoms with E-state index in [1.165, 1.54) is 0 Å². The summed E-state index contributed by atoms with van der Waals surface area (Å²) in [5, 5.41) is 12.0. The zero-order valence-corrected chi connectivity index (χ0v) is 14.1. The first kappa shape index (κ1) is 17.3. The molecule has 0 bridgehead atoms. The van der Waals surface area contributed by atoms with Gasteiger partial charge in [-0.1, -0.05) is 37.0 Å². The number of amides is 1. The van der Waals surface area contributed by atoms with Crippen LogP contribution in [0.15, 0.2) is 16.6 Å². The lowest BCUT2D eigenvalue weighted by molar-refractivity contribution is -0.139. The summed E-state index contributed by atoms with van der Waals surface area (Å²) in [5.41, 5.74) is -0.238. The van der Waals surface area contributed by atoms with Gasteiger partial charge in [0.05, 0.1) is 22.2 Å². The molecular formula is C13H14BrCl2NO3. The number of halogens is 3. The van der Waals surface area contributed by atoms with Crippen molar-refractivity contribution in [1.82, 2.24) is 0 Å². The van der Waals surface area contributed by atoms with E-state index >= 15 is 0 Å². The first-order valence-electron chi connectivity index (χ1n) is 5.77. The smallest absolute Gasteiger partial charge is 0.303 e. The number of carboxylic acids is 1. The van der Waals surface area contributed by atoms with Gasteiger partial charge < -0.3 is 10.4 Å². The van der Waals surface area contributed by atoms with Crippen molar-refractivity contribution in [3.8, 4) is 0 Å². The van der Waals surface area contributed by atoms with Gasteiger partial charge in [0.15, 0.2) is 0 Å². The molecule has 110 valence electrons. The third-order valence-electron chi connectivity index (χ3n) is 2.58. The fourth-order valence-electron chi connectivity index (χ4n) is 1.72. The number of carboxylic acid groups (broad SMARTS) is 1. The maximum Gasteiger partial charge on any atom is 0.303 e. The lowest BCUT2D eigenvalue weighted by Gasteiger charge is -2.21. The summed E-state index contributed by atoms with van der Waals surface area (Å²) in [6.45, 7) is 3.44. The Morgan fingerprint density at radius 2 is 1.85 bits per heavy atom. The number of aliphatic carboxylic acids is 1. The molecule has 2 N–H and O–H groups in total. The molecule has 0 aliphatic rings. The summed E-state index contributed by atoms with van der Waals surface area (Å²) in [5.74, 6) is -1.25. The van der Waals surface area contributed by atoms with Gasteiger partial charge in [0.25, 0.3) is 0 Å². The van der Waals surface area contributed by atoms with E-state index in [0.717, 1.165) is 0 Å². The molecule has 0 saturated heterocycles. The molecule has 1 aromatic rings. The molecule has 0 saturated carbocycles. The van der Waals surface area contributed by atoms with Crippen molar-refractivity contribution in [2.75, 3.05) is 5.32 Å². The highest BCUT2D eigenvalue weighted by atomic mass is 79.9. The molecular weight excluding hydrogens is 369 g/mol. The van der Waals surface area contributed by atoms with Gasteiger partial charge in [-0.15, -0.1) is 0 Å². The zero-order chi connectivity index (χ0) is 15.5. The number of anilines is 1. The minimum absolute atomic E-state index is 0.0727. The predicted octanol–water partition coefficient (Wildman–Crippen LogP) is 4.59. The largest absolute Gasteiger partial charge is 0.481 e. The predicted molar refractivity (Wildman–Crippen MR) is 83.4 cm³/mol. The van der Waals surface area contributed by atoms with E-state index in [2.05, 4.69) is 21.2 Å². The molecule has 0 aliphatic carbocycles. The molecule has 4 nitrogen and oxygen atoms in total. The minimum atomic E-state index is -0.937. The van der Waals surface area contributed by atoms with Gasteiger partial charge in [-0.25, -0.2) is 0 Å². The van der Waals surface area contributed by atoms with Gasteiger partial charge in [-0.2, -0.15) is 0 Å². The topological polar surface area (TPSA) is 66.4 Å². The van der Waals surface area contributed by atoms with Crippen molar-refractivity contribution in [2.45, 2.75) is 26.7 Å². The molecule has 1 amide bonds. The van der Waals surface area contributed by atoms with E-state index < -0.39 is 11.4 Å². The lowest BCUT2D eigenvalue weighted by Crippen LogP contribution is -2.24. The quantitative estimate of drug-likeness (QED) is 0.732. The molecule has 0 spiro atoms. The second kappa shape index (κ2) is 6.78. The van der Waals surface area contributed by atoms with Gasteiger partial charge >= 0.3 is 5.97 Å². The third-order valence-corrected chi connectivity index (χ3v) is 4.35. The first-order chi connectivity index (χ1) is 9.12. The van der Waals surface area contributed by atoms with Crippen LogP contribution in [0, 0.1) is 5.41 Å². The fourth-order valence-corrected chi connectivity index (χ4v) is 2.54. The maximum atomic E-state index is 11.9. The van der Waals surface area contributed by atoms with E-state index in [-0.39, 0.29) is 23.8 Å². The van der Waals surface area contributed by atoms with Crippen LogP contribution in [0.25, 0.3) is 0 Å². The average molecular weight is 383 g/mol. The van der Waals surface area contributed by atoms with Crippen LogP contribution in [-0.2, 0) is 9.59 Å². The number of benzene rings is 1. The van der Waals surface area contributed by atoms with Crippen LogP contribution in [0.5, 0.6) is 0 Å². The number of carbonyl (C=O) groups excluding carboxylic acids is 1. The highest BCUT2D eigenvalue weighted by Crippen LogP contribution is 2.36. The number of rotatable bonds is 5. The Morgan fingerprint density at radius 3 is 2.40 bits per heavy atom. The summed E-state index contributed by atoms with van der Waals surface area (Å²) < 4.78 is 0.633. The van der Waals surface area contributed by atoms with Crippen LogP contribution in [0.2, 0.25) is 10.0 Å². The molecule has 0 unspecified atom stereocenters. The molecule has 0 aromatic heterocycles. The molecule has 0 radical (unpaired) electrons. The van der Waals surface area contributed by atoms with Crippen molar-refractivity contribution >= 4 is 56.7 Å². The molecule has 0 fully saturated rings. The number of nitrogens with one attached hydrogen (secondary N) is 1. The monoisotopic (exact) mass is 381 g/mol. The van der Waals surface area contributed by atoms with Crippen molar-refractivity contribution in [3.63, 3.8) is 0 Å². The Kier molecular flexibility index (Phi) is 5.86. The van der Waals surface area contributed by atoms with Gasteiger partial charge in [-0.3, -0.25) is 9.59 Å². The molecule has 1 rings (SSSR count). The van der Waals surface area contributed by atoms with E-state index in [0.29, 0.717) is 15.2 Å². The van der Waals surface area contributed by atoms with Gasteiger partial charge in [-0.05, 0) is 33.5 Å². The molecule has 0 heterocycles. The summed E-state index contributed by atoms with van der Waals surface area (Å²) in [6.07, 6.45) is -0.0153. The van der Waals surface area contributed by atoms with E-state index in [4.69, 9.17) is 28.3 Å². The van der Waals surface area contributed by atoms with Gasteiger partial charge in [0, 0.05) is 10.9 Å². The fraction of sp³-hybridized carbons (Fsp3) is 0.385. The highest BCUT2D eigenvalue weighted by Gasteiger charge is 2.25. The number of hydrogen-bond donors (Lipinski definition) is 2. The van der Waals surface area contributed by atoms with Crippen molar-refractivity contribution in [3.05, 3.63) is 26.7 Å². The van der Waals surface area contributed by atoms with E-state index in [1.807, 2.05) is 0 Å². The summed E-state index contributed by atoms with van der Waals surface area (Å²) >= 11 is 15.2. The highest BCUT2D eigenvalue weighted by molar-refractivity contribution is 9.10. The summed E-state index contributed by atoms with van der Waals surface area (Å²) in [6, 6.07) is 3.30. The Labute approximate surface area is 135 Å². The lowest BCUT2D eigenvalue weighted by atomic mass is 9.85. The Hall–Kier alpha value is -0.780. The molecule has 1 aromatic carbocycles. The molecule has 0 atom stereocenters. The van der Waals surface area contributed by atoms with Crippen molar-refractivity contribution in [1.29, 1.82) is 0 Å². The zero-order valence-electron chi connectivity index (χ0n) is 11.0. The summed E-state index contributed by atoms with van der Waals surface area (Å²) in [7, 11) is 0. The van der Waals surface area contributed by atoms with E-state index in [9.17, 15) is 9.59 Å². The molecule has 7 heteroatoms. The third kappa shape index (κ3) is 4.96. The average Bonchev–Trinajstić information content (AvgIpc) is 2.27. The Balaban J connectivity index is 2.77. The minimum Gasteiger partial charge on any atom is -0.481 e. The van der Waals surface area contributed by atoms with E-state index in [1.54, 1.807) is 26.0 Å². The van der Waals surface area contributed by atoms with Crippen LogP contribution in [0.4, 0.5) is 5.69 Å². The molecule has 20 heavy (non-hydrogen) atoms. The van der Waals surface area contributed by atoms with Crippen LogP contribution in [0.3, 0.4) is 0 Å². The maximum absolute atomic E-state index is 11.9. The van der Waals surface area contributed by atoms with Crippen LogP contribution in [0.1, 0.15) is 26.7 Å². The normalized spacial score (nSPS) is 11.2. The Morgan fingerprint density at radius 1 is 1.25 bits per heavy atom. The van der Waals surface area contributed by atoms with Crippen molar-refractivity contribution in [2.24, 2.45) is 5.41 Å². The standard InChI is InChI=1S/C13H14BrCl2NO3/c1-13(2,6-10(19)20)5-9(18)17-8-4-3-7(14)11(15)12(8)16/h3-4H,5-6H2,1-2H3,(H,17,18)(H,19,20). The molecule has 0 aliphatic heterocycles. The van der Waals surface area contributed by atoms with Crippen LogP contribution >= 0.6 is 39.1 Å². The van der Waals surface area contributed by atoms with Crippen LogP contribution < -0.4 is 5.32 Å². The second-order valence-electron chi connectivity index (χ2n) is 5.18. The van der Waals surface area contributed by atoms with Crippen LogP contribution in [-0.4, -0.2) is 17.0 Å². The first-order valence-corrected chi connectivity index (χ1v) is 7.32. The van der Waals surface area contributed by atoms with Gasteiger partial charge in [0.2, 0.25) is 5.91 Å². The second-order valence-corrected chi connectivity index (χ2v) is 6.79. The van der Waals surface area contributed by atoms with Crippen molar-refractivity contribution < 1.29 is 14.7 Å². The Bertz CT molecular complexity index is 547. The number of hydrogen-bond acceptors (Lipinski definition) is 2. The SMILES string of the molecule is CC(C)(CC(=O)O)CC(=O)Nc1ccc(Br)c(Cl)c1Cl. The van der Waals surface area contributed by atoms with Gasteiger partial charge in [0.1, 0.15) is 0 Å².